The van der Waals surface area contributed by atoms with Gasteiger partial charge in [0.1, 0.15) is 12.4 Å². The maximum Gasteiger partial charge on any atom is 0.255 e. The van der Waals surface area contributed by atoms with Gasteiger partial charge in [0.05, 0.1) is 10.6 Å². The number of hydrogen-bond donors (Lipinski definition) is 0. The van der Waals surface area contributed by atoms with Crippen LogP contribution in [0.25, 0.3) is 0 Å². The number of rotatable bonds is 5. The number of piperazine rings is 1. The molecule has 2 aromatic carbocycles. The summed E-state index contributed by atoms with van der Waals surface area (Å²) in [5.41, 5.74) is 3.81. The van der Waals surface area contributed by atoms with Gasteiger partial charge < -0.3 is 14.5 Å². The molecule has 1 aliphatic heterocycles. The van der Waals surface area contributed by atoms with Crippen LogP contribution in [0.4, 0.5) is 0 Å². The lowest BCUT2D eigenvalue weighted by Gasteiger charge is -2.35. The molecule has 176 valence electrons. The number of benzene rings is 2. The van der Waals surface area contributed by atoms with Crippen molar-refractivity contribution in [3.63, 3.8) is 0 Å². The number of amides is 2. The molecule has 2 amide bonds. The van der Waals surface area contributed by atoms with Crippen molar-refractivity contribution in [3.05, 3.63) is 92.7 Å². The lowest BCUT2D eigenvalue weighted by molar-refractivity contribution is 0.0535. The van der Waals surface area contributed by atoms with Crippen LogP contribution in [0.2, 0.25) is 10.0 Å². The predicted molar refractivity (Wildman–Crippen MR) is 133 cm³/mol. The predicted octanol–water partition coefficient (Wildman–Crippen LogP) is 5.18. The van der Waals surface area contributed by atoms with E-state index < -0.39 is 0 Å². The van der Waals surface area contributed by atoms with Crippen LogP contribution in [0.5, 0.6) is 5.75 Å². The standard InChI is InChI=1S/C26H25Cl2N3O3/c1-17-12-20(13-18(2)24(17)34-16-19-4-3-7-29-15-19)25(32)30-8-10-31(11-9-30)26(33)22-6-5-21(27)14-23(22)28/h3-7,12-15H,8-11,16H2,1-2H3. The maximum absolute atomic E-state index is 13.2. The molecule has 0 atom stereocenters. The zero-order valence-electron chi connectivity index (χ0n) is 19.1. The molecular weight excluding hydrogens is 473 g/mol. The third-order valence-corrected chi connectivity index (χ3v) is 6.38. The molecule has 0 aliphatic carbocycles. The molecule has 1 aromatic heterocycles. The molecule has 1 fully saturated rings. The Morgan fingerprint density at radius 3 is 2.18 bits per heavy atom. The quantitative estimate of drug-likeness (QED) is 0.486. The minimum Gasteiger partial charge on any atom is -0.488 e. The maximum atomic E-state index is 13.2. The number of nitrogens with zero attached hydrogens (tertiary/aromatic N) is 3. The molecule has 0 spiro atoms. The first-order chi connectivity index (χ1) is 16.3. The topological polar surface area (TPSA) is 62.7 Å². The highest BCUT2D eigenvalue weighted by Crippen LogP contribution is 2.27. The first-order valence-corrected chi connectivity index (χ1v) is 11.8. The SMILES string of the molecule is Cc1cc(C(=O)N2CCN(C(=O)c3ccc(Cl)cc3Cl)CC2)cc(C)c1OCc1cccnc1. The normalized spacial score (nSPS) is 13.6. The number of ether oxygens (including phenoxy) is 1. The second-order valence-electron chi connectivity index (χ2n) is 8.30. The van der Waals surface area contributed by atoms with E-state index >= 15 is 0 Å². The molecule has 0 unspecified atom stereocenters. The van der Waals surface area contributed by atoms with Gasteiger partial charge in [-0.1, -0.05) is 29.3 Å². The van der Waals surface area contributed by atoms with Crippen LogP contribution in [-0.2, 0) is 6.61 Å². The molecule has 3 aromatic rings. The molecule has 34 heavy (non-hydrogen) atoms. The van der Waals surface area contributed by atoms with E-state index in [0.29, 0.717) is 54.0 Å². The summed E-state index contributed by atoms with van der Waals surface area (Å²) in [7, 11) is 0. The highest BCUT2D eigenvalue weighted by Gasteiger charge is 2.27. The van der Waals surface area contributed by atoms with Gasteiger partial charge in [0, 0.05) is 54.7 Å². The number of aryl methyl sites for hydroxylation is 2. The number of pyridine rings is 1. The second kappa shape index (κ2) is 10.5. The molecule has 0 bridgehead atoms. The fraction of sp³-hybridized carbons (Fsp3) is 0.269. The molecule has 2 heterocycles. The van der Waals surface area contributed by atoms with E-state index in [0.717, 1.165) is 22.4 Å². The van der Waals surface area contributed by atoms with Crippen LogP contribution in [-0.4, -0.2) is 52.8 Å². The minimum atomic E-state index is -0.157. The van der Waals surface area contributed by atoms with E-state index in [1.54, 1.807) is 40.4 Å². The van der Waals surface area contributed by atoms with Crippen molar-refractivity contribution in [1.29, 1.82) is 0 Å². The number of carbonyl (C=O) groups excluding carboxylic acids is 2. The second-order valence-corrected chi connectivity index (χ2v) is 9.14. The zero-order chi connectivity index (χ0) is 24.2. The highest BCUT2D eigenvalue weighted by atomic mass is 35.5. The average molecular weight is 498 g/mol. The smallest absolute Gasteiger partial charge is 0.255 e. The first-order valence-electron chi connectivity index (χ1n) is 11.0. The van der Waals surface area contributed by atoms with Crippen LogP contribution in [0.1, 0.15) is 37.4 Å². The monoisotopic (exact) mass is 497 g/mol. The summed E-state index contributed by atoms with van der Waals surface area (Å²) in [5.74, 6) is 0.563. The Kier molecular flexibility index (Phi) is 7.39. The minimum absolute atomic E-state index is 0.0540. The Labute approximate surface area is 209 Å². The molecule has 4 rings (SSSR count). The van der Waals surface area contributed by atoms with Crippen LogP contribution < -0.4 is 4.74 Å². The third kappa shape index (κ3) is 5.34. The third-order valence-electron chi connectivity index (χ3n) is 5.83. The molecule has 8 heteroatoms. The Morgan fingerprint density at radius 2 is 1.59 bits per heavy atom. The van der Waals surface area contributed by atoms with Crippen molar-refractivity contribution in [2.75, 3.05) is 26.2 Å². The fourth-order valence-electron chi connectivity index (χ4n) is 4.07. The van der Waals surface area contributed by atoms with Gasteiger partial charge >= 0.3 is 0 Å². The number of hydrogen-bond acceptors (Lipinski definition) is 4. The van der Waals surface area contributed by atoms with Crippen molar-refractivity contribution >= 4 is 35.0 Å². The van der Waals surface area contributed by atoms with Crippen LogP contribution in [0.3, 0.4) is 0 Å². The number of halogens is 2. The van der Waals surface area contributed by atoms with Gasteiger partial charge in [0.15, 0.2) is 0 Å². The Balaban J connectivity index is 1.39. The van der Waals surface area contributed by atoms with E-state index in [1.165, 1.54) is 0 Å². The fourth-order valence-corrected chi connectivity index (χ4v) is 4.56. The molecule has 0 saturated carbocycles. The molecule has 1 saturated heterocycles. The van der Waals surface area contributed by atoms with E-state index in [9.17, 15) is 9.59 Å². The van der Waals surface area contributed by atoms with Crippen molar-refractivity contribution in [1.82, 2.24) is 14.8 Å². The summed E-state index contributed by atoms with van der Waals surface area (Å²) >= 11 is 12.1. The summed E-state index contributed by atoms with van der Waals surface area (Å²) in [4.78, 5) is 33.6. The Bertz CT molecular complexity index is 1190. The zero-order valence-corrected chi connectivity index (χ0v) is 20.6. The number of aromatic nitrogens is 1. The summed E-state index contributed by atoms with van der Waals surface area (Å²) in [6.45, 7) is 6.07. The largest absolute Gasteiger partial charge is 0.488 e. The molecule has 0 N–H and O–H groups in total. The summed E-state index contributed by atoms with van der Waals surface area (Å²) < 4.78 is 6.01. The van der Waals surface area contributed by atoms with E-state index in [-0.39, 0.29) is 11.8 Å². The van der Waals surface area contributed by atoms with Crippen molar-refractivity contribution in [2.24, 2.45) is 0 Å². The summed E-state index contributed by atoms with van der Waals surface area (Å²) in [6.07, 6.45) is 3.50. The van der Waals surface area contributed by atoms with Crippen molar-refractivity contribution in [2.45, 2.75) is 20.5 Å². The van der Waals surface area contributed by atoms with Gasteiger partial charge in [-0.3, -0.25) is 14.6 Å². The van der Waals surface area contributed by atoms with Gasteiger partial charge in [-0.15, -0.1) is 0 Å². The van der Waals surface area contributed by atoms with Gasteiger partial charge in [-0.05, 0) is 61.4 Å². The summed E-state index contributed by atoms with van der Waals surface area (Å²) in [5, 5.41) is 0.809. The van der Waals surface area contributed by atoms with Crippen LogP contribution >= 0.6 is 23.2 Å². The van der Waals surface area contributed by atoms with Gasteiger partial charge in [0.25, 0.3) is 11.8 Å². The van der Waals surface area contributed by atoms with Crippen LogP contribution in [0.15, 0.2) is 54.9 Å². The molecular formula is C26H25Cl2N3O3. The Morgan fingerprint density at radius 1 is 0.941 bits per heavy atom. The molecule has 1 aliphatic rings. The van der Waals surface area contributed by atoms with E-state index in [4.69, 9.17) is 27.9 Å². The lowest BCUT2D eigenvalue weighted by atomic mass is 10.0. The molecule has 6 nitrogen and oxygen atoms in total. The highest BCUT2D eigenvalue weighted by molar-refractivity contribution is 6.36. The van der Waals surface area contributed by atoms with Gasteiger partial charge in [0.2, 0.25) is 0 Å². The first kappa shape index (κ1) is 24.0. The van der Waals surface area contributed by atoms with Gasteiger partial charge in [-0.2, -0.15) is 0 Å². The van der Waals surface area contributed by atoms with E-state index in [1.807, 2.05) is 38.1 Å². The van der Waals surface area contributed by atoms with Crippen LogP contribution in [0, 0.1) is 13.8 Å². The Hall–Kier alpha value is -3.09. The van der Waals surface area contributed by atoms with Crippen molar-refractivity contribution < 1.29 is 14.3 Å². The van der Waals surface area contributed by atoms with E-state index in [2.05, 4.69) is 4.98 Å². The lowest BCUT2D eigenvalue weighted by Crippen LogP contribution is -2.50. The van der Waals surface area contributed by atoms with Crippen molar-refractivity contribution in [3.8, 4) is 5.75 Å². The number of carbonyl (C=O) groups is 2. The summed E-state index contributed by atoms with van der Waals surface area (Å²) in [6, 6.07) is 12.4. The average Bonchev–Trinajstić information content (AvgIpc) is 2.83. The molecule has 0 radical (unpaired) electrons. The van der Waals surface area contributed by atoms with Gasteiger partial charge in [-0.25, -0.2) is 0 Å².